The Morgan fingerprint density at radius 3 is 2.35 bits per heavy atom. The summed E-state index contributed by atoms with van der Waals surface area (Å²) >= 11 is 0. The molecule has 17 heavy (non-hydrogen) atoms. The van der Waals surface area contributed by atoms with Crippen molar-refractivity contribution in [3.63, 3.8) is 0 Å². The Hall–Kier alpha value is -1.06. The van der Waals surface area contributed by atoms with Crippen molar-refractivity contribution in [2.24, 2.45) is 17.8 Å². The molecule has 0 saturated heterocycles. The molecular weight excluding hydrogens is 218 g/mol. The van der Waals surface area contributed by atoms with Crippen LogP contribution in [0.3, 0.4) is 0 Å². The van der Waals surface area contributed by atoms with Gasteiger partial charge in [0, 0.05) is 13.1 Å². The summed E-state index contributed by atoms with van der Waals surface area (Å²) in [7, 11) is 1.84. The van der Waals surface area contributed by atoms with Gasteiger partial charge in [-0.25, -0.2) is 0 Å². The fourth-order valence-corrected chi connectivity index (χ4v) is 3.04. The zero-order valence-corrected chi connectivity index (χ0v) is 10.6. The predicted molar refractivity (Wildman–Crippen MR) is 63.4 cm³/mol. The quantitative estimate of drug-likeness (QED) is 0.816. The number of aliphatic carboxylic acids is 1. The van der Waals surface area contributed by atoms with E-state index in [2.05, 4.69) is 6.92 Å². The van der Waals surface area contributed by atoms with Crippen LogP contribution in [0.15, 0.2) is 0 Å². The lowest BCUT2D eigenvalue weighted by molar-refractivity contribution is -0.142. The molecule has 0 heterocycles. The van der Waals surface area contributed by atoms with E-state index in [1.807, 2.05) is 11.9 Å². The Labute approximate surface area is 102 Å². The molecule has 2 rings (SSSR count). The number of carboxylic acid groups (broad SMARTS) is 1. The predicted octanol–water partition coefficient (Wildman–Crippen LogP) is 1.74. The van der Waals surface area contributed by atoms with Gasteiger partial charge >= 0.3 is 5.97 Å². The third-order valence-corrected chi connectivity index (χ3v) is 4.34. The topological polar surface area (TPSA) is 57.6 Å². The minimum absolute atomic E-state index is 0.0381. The second-order valence-corrected chi connectivity index (χ2v) is 5.57. The number of carboxylic acids is 1. The first-order chi connectivity index (χ1) is 8.02. The van der Waals surface area contributed by atoms with Gasteiger partial charge in [0.25, 0.3) is 0 Å². The Balaban J connectivity index is 1.93. The Kier molecular flexibility index (Phi) is 3.40. The lowest BCUT2D eigenvalue weighted by atomic mass is 9.85. The van der Waals surface area contributed by atoms with Gasteiger partial charge in [-0.1, -0.05) is 19.8 Å². The summed E-state index contributed by atoms with van der Waals surface area (Å²) in [6.45, 7) is 2.19. The molecule has 0 spiro atoms. The molecule has 2 aliphatic carbocycles. The maximum Gasteiger partial charge on any atom is 0.307 e. The maximum atomic E-state index is 12.1. The molecular formula is C13H21NO3. The van der Waals surface area contributed by atoms with Gasteiger partial charge in [0.05, 0.1) is 11.8 Å². The van der Waals surface area contributed by atoms with Crippen molar-refractivity contribution >= 4 is 11.9 Å². The van der Waals surface area contributed by atoms with Crippen molar-refractivity contribution in [2.45, 2.75) is 45.1 Å². The zero-order valence-electron chi connectivity index (χ0n) is 10.6. The summed E-state index contributed by atoms with van der Waals surface area (Å²) in [5, 5.41) is 8.85. The third kappa shape index (κ3) is 2.45. The fraction of sp³-hybridized carbons (Fsp3) is 0.846. The Bertz CT molecular complexity index is 329. The number of rotatable bonds is 3. The molecule has 1 N–H and O–H groups in total. The van der Waals surface area contributed by atoms with Crippen LogP contribution in [0.4, 0.5) is 0 Å². The molecule has 4 unspecified atom stereocenters. The lowest BCUT2D eigenvalue weighted by Crippen LogP contribution is -2.43. The third-order valence-electron chi connectivity index (χ3n) is 4.34. The minimum atomic E-state index is -0.826. The van der Waals surface area contributed by atoms with Crippen LogP contribution in [0.5, 0.6) is 0 Å². The first-order valence-corrected chi connectivity index (χ1v) is 6.52. The van der Waals surface area contributed by atoms with E-state index < -0.39 is 11.9 Å². The van der Waals surface area contributed by atoms with Crippen molar-refractivity contribution in [2.75, 3.05) is 7.05 Å². The molecule has 2 fully saturated rings. The van der Waals surface area contributed by atoms with E-state index >= 15 is 0 Å². The molecule has 0 aromatic carbocycles. The Morgan fingerprint density at radius 1 is 1.18 bits per heavy atom. The average molecular weight is 239 g/mol. The van der Waals surface area contributed by atoms with Crippen LogP contribution in [-0.4, -0.2) is 35.0 Å². The second-order valence-electron chi connectivity index (χ2n) is 5.57. The van der Waals surface area contributed by atoms with Gasteiger partial charge in [0.1, 0.15) is 0 Å². The molecule has 4 heteroatoms. The highest BCUT2D eigenvalue weighted by molar-refractivity contribution is 5.89. The van der Waals surface area contributed by atoms with Gasteiger partial charge in [-0.05, 0) is 25.2 Å². The molecule has 0 aromatic heterocycles. The van der Waals surface area contributed by atoms with E-state index in [-0.39, 0.29) is 11.8 Å². The van der Waals surface area contributed by atoms with E-state index in [1.165, 1.54) is 19.3 Å². The van der Waals surface area contributed by atoms with E-state index in [1.54, 1.807) is 0 Å². The van der Waals surface area contributed by atoms with Gasteiger partial charge in [-0.15, -0.1) is 0 Å². The van der Waals surface area contributed by atoms with Crippen molar-refractivity contribution in [3.8, 4) is 0 Å². The number of hydrogen-bond acceptors (Lipinski definition) is 2. The van der Waals surface area contributed by atoms with Crippen molar-refractivity contribution in [3.05, 3.63) is 0 Å². The molecule has 2 aliphatic rings. The molecule has 0 radical (unpaired) electrons. The van der Waals surface area contributed by atoms with Crippen LogP contribution in [0, 0.1) is 17.8 Å². The summed E-state index contributed by atoms with van der Waals surface area (Å²) in [5.74, 6) is -0.931. The number of carbonyl (C=O) groups is 2. The van der Waals surface area contributed by atoms with E-state index in [0.717, 1.165) is 6.42 Å². The smallest absolute Gasteiger partial charge is 0.307 e. The van der Waals surface area contributed by atoms with E-state index in [4.69, 9.17) is 5.11 Å². The highest BCUT2D eigenvalue weighted by atomic mass is 16.4. The summed E-state index contributed by atoms with van der Waals surface area (Å²) in [4.78, 5) is 24.7. The molecule has 0 bridgehead atoms. The molecule has 1 amide bonds. The van der Waals surface area contributed by atoms with Gasteiger partial charge in [0.2, 0.25) is 5.91 Å². The number of hydrogen-bond donors (Lipinski definition) is 1. The number of nitrogens with zero attached hydrogens (tertiary/aromatic N) is 1. The van der Waals surface area contributed by atoms with Crippen molar-refractivity contribution < 1.29 is 14.7 Å². The summed E-state index contributed by atoms with van der Waals surface area (Å²) < 4.78 is 0. The van der Waals surface area contributed by atoms with Crippen LogP contribution < -0.4 is 0 Å². The Morgan fingerprint density at radius 2 is 1.82 bits per heavy atom. The normalized spacial score (nSPS) is 36.4. The van der Waals surface area contributed by atoms with E-state index in [9.17, 15) is 9.59 Å². The zero-order chi connectivity index (χ0) is 12.6. The first-order valence-electron chi connectivity index (χ1n) is 6.52. The van der Waals surface area contributed by atoms with Crippen LogP contribution in [0.2, 0.25) is 0 Å². The molecule has 96 valence electrons. The average Bonchev–Trinajstić information content (AvgIpc) is 3.08. The van der Waals surface area contributed by atoms with Crippen molar-refractivity contribution in [1.29, 1.82) is 0 Å². The molecule has 4 nitrogen and oxygen atoms in total. The van der Waals surface area contributed by atoms with Crippen LogP contribution in [-0.2, 0) is 9.59 Å². The molecule has 0 aromatic rings. The summed E-state index contributed by atoms with van der Waals surface area (Å²) in [5.41, 5.74) is 0. The van der Waals surface area contributed by atoms with Crippen LogP contribution in [0.25, 0.3) is 0 Å². The van der Waals surface area contributed by atoms with Gasteiger partial charge in [-0.3, -0.25) is 9.59 Å². The molecule has 2 saturated carbocycles. The monoisotopic (exact) mass is 239 g/mol. The number of carbonyl (C=O) groups excluding carboxylic acids is 1. The second kappa shape index (κ2) is 4.67. The first kappa shape index (κ1) is 12.4. The van der Waals surface area contributed by atoms with Gasteiger partial charge < -0.3 is 10.0 Å². The molecule has 4 atom stereocenters. The van der Waals surface area contributed by atoms with E-state index in [0.29, 0.717) is 18.4 Å². The number of amides is 1. The fourth-order valence-electron chi connectivity index (χ4n) is 3.04. The highest BCUT2D eigenvalue weighted by Crippen LogP contribution is 2.41. The molecule has 0 aliphatic heterocycles. The SMILES string of the molecule is CC1CCCCC1N(C)C(=O)C1CC1C(=O)O. The van der Waals surface area contributed by atoms with Crippen LogP contribution in [0.1, 0.15) is 39.0 Å². The highest BCUT2D eigenvalue weighted by Gasteiger charge is 2.50. The van der Waals surface area contributed by atoms with Crippen molar-refractivity contribution in [1.82, 2.24) is 4.90 Å². The minimum Gasteiger partial charge on any atom is -0.481 e. The largest absolute Gasteiger partial charge is 0.481 e. The lowest BCUT2D eigenvalue weighted by Gasteiger charge is -2.36. The summed E-state index contributed by atoms with van der Waals surface area (Å²) in [6, 6.07) is 0.311. The van der Waals surface area contributed by atoms with Gasteiger partial charge in [0.15, 0.2) is 0 Å². The van der Waals surface area contributed by atoms with Crippen LogP contribution >= 0.6 is 0 Å². The van der Waals surface area contributed by atoms with Gasteiger partial charge in [-0.2, -0.15) is 0 Å². The summed E-state index contributed by atoms with van der Waals surface area (Å²) in [6.07, 6.45) is 5.20. The standard InChI is InChI=1S/C13H21NO3/c1-8-5-3-4-6-11(8)14(2)12(15)9-7-10(9)13(16)17/h8-11H,3-7H2,1-2H3,(H,16,17). The maximum absolute atomic E-state index is 12.1.